The van der Waals surface area contributed by atoms with E-state index in [2.05, 4.69) is 25.8 Å². The lowest BCUT2D eigenvalue weighted by Crippen LogP contribution is -2.38. The number of nitrogens with one attached hydrogen (secondary N) is 3. The molecule has 0 fully saturated rings. The molecule has 162 valence electrons. The van der Waals surface area contributed by atoms with Gasteiger partial charge < -0.3 is 10.6 Å². The third-order valence-electron chi connectivity index (χ3n) is 5.20. The van der Waals surface area contributed by atoms with Gasteiger partial charge in [0.2, 0.25) is 0 Å². The van der Waals surface area contributed by atoms with Crippen molar-refractivity contribution in [1.82, 2.24) is 25.8 Å². The Hall–Kier alpha value is -3.71. The van der Waals surface area contributed by atoms with E-state index in [1.54, 1.807) is 18.2 Å². The number of fused-ring (bicyclic) bond motifs is 1. The maximum Gasteiger partial charge on any atom is 0.253 e. The van der Waals surface area contributed by atoms with E-state index in [1.165, 1.54) is 6.20 Å². The molecule has 0 spiro atoms. The number of pyridine rings is 1. The van der Waals surface area contributed by atoms with E-state index in [9.17, 15) is 9.59 Å². The summed E-state index contributed by atoms with van der Waals surface area (Å²) in [7, 11) is 0. The Morgan fingerprint density at radius 2 is 1.84 bits per heavy atom. The largest absolute Gasteiger partial charge is 0.350 e. The van der Waals surface area contributed by atoms with Crippen molar-refractivity contribution in [3.8, 4) is 0 Å². The van der Waals surface area contributed by atoms with Gasteiger partial charge in [0.25, 0.3) is 11.8 Å². The molecule has 0 radical (unpaired) electrons. The number of rotatable bonds is 6. The van der Waals surface area contributed by atoms with Crippen LogP contribution in [0.3, 0.4) is 0 Å². The summed E-state index contributed by atoms with van der Waals surface area (Å²) in [5.74, 6) is -0.595. The van der Waals surface area contributed by atoms with Crippen molar-refractivity contribution >= 4 is 34.4 Å². The van der Waals surface area contributed by atoms with E-state index in [4.69, 9.17) is 11.6 Å². The van der Waals surface area contributed by atoms with Gasteiger partial charge in [-0.05, 0) is 37.6 Å². The Morgan fingerprint density at radius 1 is 1.06 bits per heavy atom. The first-order valence-electron chi connectivity index (χ1n) is 10.1. The molecule has 4 aromatic rings. The zero-order chi connectivity index (χ0) is 22.7. The van der Waals surface area contributed by atoms with Gasteiger partial charge in [0.1, 0.15) is 0 Å². The number of aromatic amines is 1. The summed E-state index contributed by atoms with van der Waals surface area (Å²) >= 11 is 6.23. The van der Waals surface area contributed by atoms with Gasteiger partial charge in [-0.3, -0.25) is 14.7 Å². The fourth-order valence-corrected chi connectivity index (χ4v) is 3.63. The van der Waals surface area contributed by atoms with Crippen LogP contribution < -0.4 is 10.6 Å². The zero-order valence-corrected chi connectivity index (χ0v) is 18.4. The van der Waals surface area contributed by atoms with Gasteiger partial charge >= 0.3 is 0 Å². The number of H-pyrrole nitrogens is 1. The van der Waals surface area contributed by atoms with Crippen LogP contribution in [0.1, 0.15) is 43.6 Å². The van der Waals surface area contributed by atoms with Gasteiger partial charge in [-0.25, -0.2) is 4.98 Å². The molecule has 0 aliphatic carbocycles. The number of nitrogens with zero attached hydrogens (tertiary/aromatic N) is 2. The van der Waals surface area contributed by atoms with Crippen LogP contribution in [0, 0.1) is 13.8 Å². The fraction of sp³-hybridized carbons (Fsp3) is 0.167. The Bertz CT molecular complexity index is 1290. The highest BCUT2D eigenvalue weighted by Crippen LogP contribution is 2.20. The summed E-state index contributed by atoms with van der Waals surface area (Å²) in [6.45, 7) is 3.96. The third kappa shape index (κ3) is 4.63. The molecule has 8 heteroatoms. The minimum atomic E-state index is -0.448. The van der Waals surface area contributed by atoms with Crippen LogP contribution in [0.2, 0.25) is 5.02 Å². The highest BCUT2D eigenvalue weighted by Gasteiger charge is 2.19. The van der Waals surface area contributed by atoms with Gasteiger partial charge in [-0.1, -0.05) is 53.6 Å². The lowest BCUT2D eigenvalue weighted by Gasteiger charge is -2.20. The second kappa shape index (κ2) is 9.20. The van der Waals surface area contributed by atoms with Crippen LogP contribution in [0.15, 0.2) is 60.8 Å². The molecule has 2 aromatic carbocycles. The summed E-state index contributed by atoms with van der Waals surface area (Å²) in [6, 6.07) is 16.1. The topological polar surface area (TPSA) is 99.8 Å². The molecule has 7 nitrogen and oxygen atoms in total. The molecule has 4 rings (SSSR count). The monoisotopic (exact) mass is 447 g/mol. The minimum absolute atomic E-state index is 0.195. The van der Waals surface area contributed by atoms with E-state index in [1.807, 2.05) is 50.2 Å². The quantitative estimate of drug-likeness (QED) is 0.413. The SMILES string of the molecule is Cc1ccc(Cl)c(C(=O)NC(CNC(=O)c2cnc3n[nH]c(C)c3c2)c2ccccc2)c1. The number of benzene rings is 2. The number of carbonyl (C=O) groups is 2. The van der Waals surface area contributed by atoms with Crippen molar-refractivity contribution in [2.24, 2.45) is 0 Å². The van der Waals surface area contributed by atoms with Crippen LogP contribution >= 0.6 is 11.6 Å². The van der Waals surface area contributed by atoms with E-state index in [-0.39, 0.29) is 18.4 Å². The van der Waals surface area contributed by atoms with Crippen molar-refractivity contribution in [1.29, 1.82) is 0 Å². The van der Waals surface area contributed by atoms with Crippen LogP contribution in [0.5, 0.6) is 0 Å². The Morgan fingerprint density at radius 3 is 2.62 bits per heavy atom. The number of aromatic nitrogens is 3. The predicted octanol–water partition coefficient (Wildman–Crippen LogP) is 4.13. The first kappa shape index (κ1) is 21.5. The lowest BCUT2D eigenvalue weighted by atomic mass is 10.1. The van der Waals surface area contributed by atoms with E-state index >= 15 is 0 Å². The Labute approximate surface area is 190 Å². The second-order valence-electron chi connectivity index (χ2n) is 7.57. The van der Waals surface area contributed by atoms with Gasteiger partial charge in [0.05, 0.1) is 22.2 Å². The molecule has 0 bridgehead atoms. The first-order chi connectivity index (χ1) is 15.4. The number of aryl methyl sites for hydroxylation is 2. The molecule has 0 saturated heterocycles. The zero-order valence-electron chi connectivity index (χ0n) is 17.6. The normalized spacial score (nSPS) is 11.8. The molecule has 0 aliphatic rings. The molecule has 0 aliphatic heterocycles. The van der Waals surface area contributed by atoms with Crippen LogP contribution in [0.4, 0.5) is 0 Å². The summed E-state index contributed by atoms with van der Waals surface area (Å²) in [5.41, 5.74) is 4.01. The number of halogens is 1. The molecule has 2 aromatic heterocycles. The average Bonchev–Trinajstić information content (AvgIpc) is 3.18. The van der Waals surface area contributed by atoms with Crippen LogP contribution in [-0.2, 0) is 0 Å². The summed E-state index contributed by atoms with van der Waals surface area (Å²) in [4.78, 5) is 30.0. The van der Waals surface area contributed by atoms with Crippen molar-refractivity contribution in [3.05, 3.63) is 93.8 Å². The fourth-order valence-electron chi connectivity index (χ4n) is 3.43. The first-order valence-corrected chi connectivity index (χ1v) is 10.5. The Balaban J connectivity index is 1.53. The van der Waals surface area contributed by atoms with Crippen molar-refractivity contribution in [2.75, 3.05) is 6.54 Å². The maximum atomic E-state index is 12.9. The smallest absolute Gasteiger partial charge is 0.253 e. The summed E-state index contributed by atoms with van der Waals surface area (Å²) < 4.78 is 0. The average molecular weight is 448 g/mol. The molecule has 2 heterocycles. The predicted molar refractivity (Wildman–Crippen MR) is 124 cm³/mol. The highest BCUT2D eigenvalue weighted by molar-refractivity contribution is 6.33. The Kier molecular flexibility index (Phi) is 6.18. The van der Waals surface area contributed by atoms with Gasteiger partial charge in [-0.2, -0.15) is 5.10 Å². The van der Waals surface area contributed by atoms with Gasteiger partial charge in [0, 0.05) is 23.8 Å². The van der Waals surface area contributed by atoms with E-state index in [0.717, 1.165) is 22.2 Å². The summed E-state index contributed by atoms with van der Waals surface area (Å²) in [5, 5.41) is 14.0. The summed E-state index contributed by atoms with van der Waals surface area (Å²) in [6.07, 6.45) is 1.49. The number of carbonyl (C=O) groups excluding carboxylic acids is 2. The molecule has 2 amide bonds. The molecular weight excluding hydrogens is 426 g/mol. The van der Waals surface area contributed by atoms with E-state index in [0.29, 0.717) is 21.8 Å². The van der Waals surface area contributed by atoms with E-state index < -0.39 is 6.04 Å². The number of amides is 2. The third-order valence-corrected chi connectivity index (χ3v) is 5.53. The number of hydrogen-bond acceptors (Lipinski definition) is 4. The van der Waals surface area contributed by atoms with Crippen molar-refractivity contribution < 1.29 is 9.59 Å². The highest BCUT2D eigenvalue weighted by atomic mass is 35.5. The number of hydrogen-bond donors (Lipinski definition) is 3. The molecule has 3 N–H and O–H groups in total. The van der Waals surface area contributed by atoms with Crippen molar-refractivity contribution in [2.45, 2.75) is 19.9 Å². The van der Waals surface area contributed by atoms with Gasteiger partial charge in [0.15, 0.2) is 5.65 Å². The van der Waals surface area contributed by atoms with Crippen LogP contribution in [0.25, 0.3) is 11.0 Å². The second-order valence-corrected chi connectivity index (χ2v) is 7.98. The molecule has 1 atom stereocenters. The lowest BCUT2D eigenvalue weighted by molar-refractivity contribution is 0.0908. The molecule has 32 heavy (non-hydrogen) atoms. The molecule has 0 saturated carbocycles. The van der Waals surface area contributed by atoms with Crippen LogP contribution in [-0.4, -0.2) is 33.5 Å². The standard InChI is InChI=1S/C24H22ClN5O2/c1-14-8-9-20(25)19(10-14)24(32)28-21(16-6-4-3-5-7-16)13-27-23(31)17-11-18-15(2)29-30-22(18)26-12-17/h3-12,21H,13H2,1-2H3,(H,27,31)(H,28,32)(H,26,29,30). The molecule has 1 unspecified atom stereocenters. The van der Waals surface area contributed by atoms with Gasteiger partial charge in [-0.15, -0.1) is 0 Å². The maximum absolute atomic E-state index is 12.9. The minimum Gasteiger partial charge on any atom is -0.350 e. The molecular formula is C24H22ClN5O2. The van der Waals surface area contributed by atoms with Crippen molar-refractivity contribution in [3.63, 3.8) is 0 Å².